The second-order valence-corrected chi connectivity index (χ2v) is 9.73. The van der Waals surface area contributed by atoms with Crippen molar-refractivity contribution in [3.8, 4) is 22.4 Å². The third kappa shape index (κ3) is 3.86. The van der Waals surface area contributed by atoms with Gasteiger partial charge in [0.2, 0.25) is 10.0 Å². The van der Waals surface area contributed by atoms with Gasteiger partial charge in [-0.2, -0.15) is 0 Å². The van der Waals surface area contributed by atoms with Gasteiger partial charge in [0.15, 0.2) is 5.65 Å². The van der Waals surface area contributed by atoms with Crippen molar-refractivity contribution in [3.63, 3.8) is 0 Å². The monoisotopic (exact) mass is 483 g/mol. The highest BCUT2D eigenvalue weighted by Crippen LogP contribution is 2.35. The van der Waals surface area contributed by atoms with Gasteiger partial charge in [-0.15, -0.1) is 0 Å². The molecule has 0 saturated carbocycles. The number of sulfonamides is 1. The summed E-state index contributed by atoms with van der Waals surface area (Å²) in [6.07, 6.45) is 2.56. The lowest BCUT2D eigenvalue weighted by Crippen LogP contribution is -2.24. The van der Waals surface area contributed by atoms with Crippen LogP contribution in [0.4, 0.5) is 11.5 Å². The molecular weight excluding hydrogens is 466 g/mol. The van der Waals surface area contributed by atoms with Crippen molar-refractivity contribution in [3.05, 3.63) is 65.4 Å². The molecule has 0 aliphatic heterocycles. The third-order valence-corrected chi connectivity index (χ3v) is 6.49. The van der Waals surface area contributed by atoms with E-state index in [1.54, 1.807) is 12.1 Å². The molecule has 0 radical (unpaired) electrons. The Morgan fingerprint density at radius 2 is 1.73 bits per heavy atom. The van der Waals surface area contributed by atoms with E-state index in [0.29, 0.717) is 28.2 Å². The molecule has 2 aromatic heterocycles. The molecule has 2 N–H and O–H groups in total. The molecule has 0 bridgehead atoms. The van der Waals surface area contributed by atoms with Crippen molar-refractivity contribution in [2.24, 2.45) is 0 Å². The predicted octanol–water partition coefficient (Wildman–Crippen LogP) is 4.10. The maximum atomic E-state index is 11.8. The fraction of sp³-hybridized carbons (Fsp3) is 0.0952. The summed E-state index contributed by atoms with van der Waals surface area (Å²) in [6, 6.07) is 17.0. The molecule has 0 saturated heterocycles. The van der Waals surface area contributed by atoms with Crippen molar-refractivity contribution in [1.82, 2.24) is 15.0 Å². The third-order valence-electron chi connectivity index (χ3n) is 4.79. The number of halogens is 1. The zero-order valence-electron chi connectivity index (χ0n) is 16.2. The fourth-order valence-electron chi connectivity index (χ4n) is 3.15. The van der Waals surface area contributed by atoms with E-state index in [9.17, 15) is 8.42 Å². The molecule has 152 valence electrons. The molecule has 4 rings (SSSR count). The first-order valence-corrected chi connectivity index (χ1v) is 11.6. The van der Waals surface area contributed by atoms with Gasteiger partial charge < -0.3 is 5.73 Å². The summed E-state index contributed by atoms with van der Waals surface area (Å²) in [4.78, 5) is 13.1. The van der Waals surface area contributed by atoms with Crippen LogP contribution in [0.15, 0.2) is 65.4 Å². The van der Waals surface area contributed by atoms with Gasteiger partial charge in [-0.3, -0.25) is 4.31 Å². The topological polar surface area (TPSA) is 102 Å². The van der Waals surface area contributed by atoms with Crippen LogP contribution in [0, 0.1) is 0 Å². The summed E-state index contributed by atoms with van der Waals surface area (Å²) >= 11 is 3.51. The van der Waals surface area contributed by atoms with Gasteiger partial charge in [0.25, 0.3) is 0 Å². The Morgan fingerprint density at radius 1 is 1.00 bits per heavy atom. The number of nitrogens with zero attached hydrogens (tertiary/aromatic N) is 4. The van der Waals surface area contributed by atoms with Crippen LogP contribution in [0.2, 0.25) is 0 Å². The Morgan fingerprint density at radius 3 is 2.40 bits per heavy atom. The molecule has 4 aromatic rings. The lowest BCUT2D eigenvalue weighted by Gasteiger charge is -2.17. The lowest BCUT2D eigenvalue weighted by molar-refractivity contribution is 0.600. The molecule has 0 aliphatic rings. The van der Waals surface area contributed by atoms with Crippen LogP contribution < -0.4 is 10.0 Å². The molecule has 0 amide bonds. The van der Waals surface area contributed by atoms with E-state index in [1.807, 2.05) is 42.5 Å². The Labute approximate surface area is 182 Å². The zero-order valence-corrected chi connectivity index (χ0v) is 18.6. The zero-order chi connectivity index (χ0) is 21.5. The number of aromatic nitrogens is 3. The quantitative estimate of drug-likeness (QED) is 0.468. The van der Waals surface area contributed by atoms with Crippen LogP contribution in [0.5, 0.6) is 0 Å². The number of benzene rings is 2. The fourth-order valence-corrected chi connectivity index (χ4v) is 4.06. The summed E-state index contributed by atoms with van der Waals surface area (Å²) in [5.41, 5.74) is 10.6. The predicted molar refractivity (Wildman–Crippen MR) is 124 cm³/mol. The first kappa shape index (κ1) is 20.2. The molecule has 2 aromatic carbocycles. The van der Waals surface area contributed by atoms with E-state index in [1.165, 1.54) is 23.9 Å². The summed E-state index contributed by atoms with van der Waals surface area (Å²) in [6.45, 7) is 0. The highest BCUT2D eigenvalue weighted by atomic mass is 79.9. The minimum absolute atomic E-state index is 0.360. The summed E-state index contributed by atoms with van der Waals surface area (Å²) in [7, 11) is -1.81. The standard InChI is InChI=1S/C21H18BrN5O2S/c1-27(30(2,28)29)16-8-6-13(7-9-16)18-11-17(14-4-3-5-15(22)10-14)19-20(23)24-12-25-21(19)26-18/h3-12H,1-2H3,(H2,23,24,25,26). The van der Waals surface area contributed by atoms with Crippen LogP contribution in [-0.4, -0.2) is 36.7 Å². The second-order valence-electron chi connectivity index (χ2n) is 6.80. The van der Waals surface area contributed by atoms with Crippen molar-refractivity contribution in [1.29, 1.82) is 0 Å². The Bertz CT molecular complexity index is 1360. The van der Waals surface area contributed by atoms with Gasteiger partial charge in [0.05, 0.1) is 23.0 Å². The van der Waals surface area contributed by atoms with E-state index in [2.05, 4.69) is 30.9 Å². The number of rotatable bonds is 4. The molecule has 0 spiro atoms. The molecule has 0 aliphatic carbocycles. The van der Waals surface area contributed by atoms with E-state index >= 15 is 0 Å². The Hall–Kier alpha value is -3.04. The van der Waals surface area contributed by atoms with Gasteiger partial charge in [0, 0.05) is 17.1 Å². The number of hydrogen-bond acceptors (Lipinski definition) is 6. The van der Waals surface area contributed by atoms with Crippen molar-refractivity contribution in [2.75, 3.05) is 23.3 Å². The van der Waals surface area contributed by atoms with Gasteiger partial charge in [-0.05, 0) is 41.5 Å². The van der Waals surface area contributed by atoms with Crippen LogP contribution in [0.25, 0.3) is 33.4 Å². The average Bonchev–Trinajstić information content (AvgIpc) is 2.72. The number of anilines is 2. The Balaban J connectivity index is 1.89. The van der Waals surface area contributed by atoms with E-state index in [4.69, 9.17) is 5.73 Å². The average molecular weight is 484 g/mol. The molecule has 30 heavy (non-hydrogen) atoms. The Kier molecular flexibility index (Phi) is 5.17. The van der Waals surface area contributed by atoms with Gasteiger partial charge in [-0.1, -0.05) is 40.2 Å². The van der Waals surface area contributed by atoms with Crippen molar-refractivity contribution in [2.45, 2.75) is 0 Å². The van der Waals surface area contributed by atoms with Crippen LogP contribution in [0.1, 0.15) is 0 Å². The van der Waals surface area contributed by atoms with Crippen LogP contribution in [-0.2, 0) is 10.0 Å². The van der Waals surface area contributed by atoms with Gasteiger partial charge in [-0.25, -0.2) is 23.4 Å². The molecule has 0 atom stereocenters. The second kappa shape index (κ2) is 7.66. The molecule has 0 fully saturated rings. The van der Waals surface area contributed by atoms with Crippen molar-refractivity contribution < 1.29 is 8.42 Å². The van der Waals surface area contributed by atoms with Crippen LogP contribution >= 0.6 is 15.9 Å². The van der Waals surface area contributed by atoms with Crippen molar-refractivity contribution >= 4 is 48.5 Å². The maximum Gasteiger partial charge on any atom is 0.231 e. The molecule has 7 nitrogen and oxygen atoms in total. The minimum atomic E-state index is -3.33. The largest absolute Gasteiger partial charge is 0.383 e. The van der Waals surface area contributed by atoms with E-state index in [0.717, 1.165) is 21.2 Å². The minimum Gasteiger partial charge on any atom is -0.383 e. The van der Waals surface area contributed by atoms with E-state index < -0.39 is 10.0 Å². The smallest absolute Gasteiger partial charge is 0.231 e. The summed E-state index contributed by atoms with van der Waals surface area (Å²) in [5, 5.41) is 0.688. The highest BCUT2D eigenvalue weighted by molar-refractivity contribution is 9.10. The first-order valence-electron chi connectivity index (χ1n) is 8.95. The number of nitrogen functional groups attached to an aromatic ring is 1. The van der Waals surface area contributed by atoms with Crippen LogP contribution in [0.3, 0.4) is 0 Å². The number of fused-ring (bicyclic) bond motifs is 1. The van der Waals surface area contributed by atoms with Gasteiger partial charge in [0.1, 0.15) is 12.1 Å². The lowest BCUT2D eigenvalue weighted by atomic mass is 10.00. The number of nitrogens with two attached hydrogens (primary N) is 1. The SMILES string of the molecule is CN(c1ccc(-c2cc(-c3cccc(Br)c3)c3c(N)ncnc3n2)cc1)S(C)(=O)=O. The number of hydrogen-bond donors (Lipinski definition) is 1. The molecule has 2 heterocycles. The maximum absolute atomic E-state index is 11.8. The highest BCUT2D eigenvalue weighted by Gasteiger charge is 2.15. The summed E-state index contributed by atoms with van der Waals surface area (Å²) < 4.78 is 25.7. The van der Waals surface area contributed by atoms with Gasteiger partial charge >= 0.3 is 0 Å². The summed E-state index contributed by atoms with van der Waals surface area (Å²) in [5.74, 6) is 0.360. The normalized spacial score (nSPS) is 11.6. The number of pyridine rings is 1. The molecular formula is C21H18BrN5O2S. The molecule has 9 heteroatoms. The first-order chi connectivity index (χ1) is 14.2. The van der Waals surface area contributed by atoms with E-state index in [-0.39, 0.29) is 0 Å². The molecule has 0 unspecified atom stereocenters.